The van der Waals surface area contributed by atoms with Crippen LogP contribution in [0.4, 0.5) is 0 Å². The molecule has 2 heterocycles. The number of aryl methyl sites for hydroxylation is 1. The number of carbonyl (C=O) groups excluding carboxylic acids is 2. The molecule has 4 N–H and O–H groups in total. The zero-order valence-corrected chi connectivity index (χ0v) is 22.1. The molecular weight excluding hydrogens is 524 g/mol. The van der Waals surface area contributed by atoms with Crippen molar-refractivity contribution in [3.63, 3.8) is 0 Å². The van der Waals surface area contributed by atoms with Crippen molar-refractivity contribution in [1.29, 1.82) is 0 Å². The van der Waals surface area contributed by atoms with Gasteiger partial charge in [-0.2, -0.15) is 0 Å². The van der Waals surface area contributed by atoms with Crippen LogP contribution in [0.15, 0.2) is 51.7 Å². The van der Waals surface area contributed by atoms with E-state index in [1.54, 1.807) is 25.1 Å². The van der Waals surface area contributed by atoms with Crippen molar-refractivity contribution in [3.8, 4) is 11.5 Å². The van der Waals surface area contributed by atoms with Crippen LogP contribution < -0.4 is 10.2 Å². The Kier molecular flexibility index (Phi) is 8.70. The number of phenolic OH excluding ortho intramolecular Hbond substituents is 1. The minimum Gasteiger partial charge on any atom is -0.508 e. The second kappa shape index (κ2) is 12.0. The van der Waals surface area contributed by atoms with Crippen molar-refractivity contribution in [2.75, 3.05) is 13.7 Å². The van der Waals surface area contributed by atoms with Crippen molar-refractivity contribution in [2.45, 2.75) is 50.8 Å². The number of methoxy groups -OCH3 is 1. The number of ketones is 1. The van der Waals surface area contributed by atoms with E-state index >= 15 is 0 Å². The van der Waals surface area contributed by atoms with E-state index in [0.717, 1.165) is 6.08 Å². The van der Waals surface area contributed by atoms with Gasteiger partial charge < -0.3 is 39.1 Å². The molecule has 0 aliphatic carbocycles. The molecule has 1 aromatic heterocycles. The van der Waals surface area contributed by atoms with E-state index in [1.165, 1.54) is 38.3 Å². The molecule has 1 aliphatic heterocycles. The van der Waals surface area contributed by atoms with Gasteiger partial charge in [0.25, 0.3) is 0 Å². The lowest BCUT2D eigenvalue weighted by Crippen LogP contribution is -2.56. The Labute approximate surface area is 228 Å². The summed E-state index contributed by atoms with van der Waals surface area (Å²) < 4.78 is 23.1. The predicted octanol–water partition coefficient (Wildman–Crippen LogP) is 1.73. The van der Waals surface area contributed by atoms with E-state index in [9.17, 15) is 34.8 Å². The summed E-state index contributed by atoms with van der Waals surface area (Å²) in [6.45, 7) is 2.33. The van der Waals surface area contributed by atoms with E-state index in [4.69, 9.17) is 18.6 Å². The lowest BCUT2D eigenvalue weighted by molar-refractivity contribution is -0.239. The summed E-state index contributed by atoms with van der Waals surface area (Å²) in [5.74, 6) is -0.841. The SMILES string of the molecule is COc1cc(C)c2c(=O)cc(CC(C)=O)oc2c1C1OC(CO)C(O)C(O)C1OC(=O)/C=C/c1ccc(O)cc1. The fourth-order valence-electron chi connectivity index (χ4n) is 4.71. The summed E-state index contributed by atoms with van der Waals surface area (Å²) in [6, 6.07) is 8.79. The van der Waals surface area contributed by atoms with Crippen LogP contribution in [0.2, 0.25) is 0 Å². The van der Waals surface area contributed by atoms with Crippen LogP contribution in [0.5, 0.6) is 11.5 Å². The molecule has 1 saturated heterocycles. The molecule has 3 aromatic rings. The summed E-state index contributed by atoms with van der Waals surface area (Å²) in [7, 11) is 1.36. The smallest absolute Gasteiger partial charge is 0.331 e. The Bertz CT molecular complexity index is 1490. The normalized spacial score (nSPS) is 22.9. The maximum absolute atomic E-state index is 13.1. The van der Waals surface area contributed by atoms with Gasteiger partial charge in [-0.1, -0.05) is 12.1 Å². The number of fused-ring (bicyclic) bond motifs is 1. The van der Waals surface area contributed by atoms with Gasteiger partial charge in [-0.05, 0) is 49.2 Å². The topological polar surface area (TPSA) is 173 Å². The number of esters is 1. The standard InChI is InChI=1S/C29H30O11/c1-14-10-20(37-3)24(27-23(14)19(33)12-18(38-27)11-15(2)31)28-29(26(36)25(35)21(13-30)39-28)40-22(34)9-6-16-4-7-17(32)8-5-16/h4-10,12,21,25-26,28-30,32,35-36H,11,13H2,1-3H3/b9-6+. The van der Waals surface area contributed by atoms with Gasteiger partial charge >= 0.3 is 5.97 Å². The van der Waals surface area contributed by atoms with Crippen LogP contribution in [0.25, 0.3) is 17.0 Å². The third-order valence-electron chi connectivity index (χ3n) is 6.60. The number of carbonyl (C=O) groups is 2. The molecule has 212 valence electrons. The summed E-state index contributed by atoms with van der Waals surface area (Å²) in [5, 5.41) is 41.0. The molecule has 5 unspecified atom stereocenters. The average molecular weight is 555 g/mol. The van der Waals surface area contributed by atoms with E-state index in [1.807, 2.05) is 0 Å². The summed E-state index contributed by atoms with van der Waals surface area (Å²) >= 11 is 0. The van der Waals surface area contributed by atoms with Crippen LogP contribution in [0.1, 0.15) is 35.5 Å². The van der Waals surface area contributed by atoms with Gasteiger partial charge in [-0.25, -0.2) is 4.79 Å². The number of ether oxygens (including phenoxy) is 3. The Hall–Kier alpha value is -4.03. The van der Waals surface area contributed by atoms with Crippen molar-refractivity contribution in [2.24, 2.45) is 0 Å². The number of hydrogen-bond acceptors (Lipinski definition) is 11. The van der Waals surface area contributed by atoms with Crippen LogP contribution in [0, 0.1) is 6.92 Å². The first-order chi connectivity index (χ1) is 19.0. The number of hydrogen-bond donors (Lipinski definition) is 4. The molecule has 11 nitrogen and oxygen atoms in total. The molecule has 2 aromatic carbocycles. The van der Waals surface area contributed by atoms with Crippen LogP contribution in [0.3, 0.4) is 0 Å². The molecule has 5 atom stereocenters. The quantitative estimate of drug-likeness (QED) is 0.236. The Morgan fingerprint density at radius 1 is 1.10 bits per heavy atom. The van der Waals surface area contributed by atoms with E-state index in [2.05, 4.69) is 0 Å². The first-order valence-corrected chi connectivity index (χ1v) is 12.5. The highest BCUT2D eigenvalue weighted by Gasteiger charge is 2.49. The van der Waals surface area contributed by atoms with Gasteiger partial charge in [0.05, 0.1) is 31.1 Å². The van der Waals surface area contributed by atoms with Crippen LogP contribution in [-0.2, 0) is 25.5 Å². The third-order valence-corrected chi connectivity index (χ3v) is 6.60. The number of rotatable bonds is 8. The molecule has 0 saturated carbocycles. The van der Waals surface area contributed by atoms with E-state index in [0.29, 0.717) is 11.1 Å². The highest BCUT2D eigenvalue weighted by atomic mass is 16.6. The summed E-state index contributed by atoms with van der Waals surface area (Å²) in [6.07, 6.45) is -5.15. The number of Topliss-reactive ketones (excluding diaryl/α,β-unsaturated/α-hetero) is 1. The first-order valence-electron chi connectivity index (χ1n) is 12.5. The van der Waals surface area contributed by atoms with Gasteiger partial charge in [-0.15, -0.1) is 0 Å². The minimum atomic E-state index is -1.71. The number of aliphatic hydroxyl groups excluding tert-OH is 3. The Balaban J connectivity index is 1.83. The lowest BCUT2D eigenvalue weighted by Gasteiger charge is -2.42. The highest BCUT2D eigenvalue weighted by molar-refractivity contribution is 5.88. The summed E-state index contributed by atoms with van der Waals surface area (Å²) in [4.78, 5) is 37.7. The van der Waals surface area contributed by atoms with Gasteiger partial charge in [0.15, 0.2) is 11.5 Å². The Morgan fingerprint density at radius 2 is 1.80 bits per heavy atom. The maximum atomic E-state index is 13.1. The largest absolute Gasteiger partial charge is 0.508 e. The molecule has 0 radical (unpaired) electrons. The molecule has 1 fully saturated rings. The fraction of sp³-hybridized carbons (Fsp3) is 0.345. The second-order valence-electron chi connectivity index (χ2n) is 9.55. The fourth-order valence-corrected chi connectivity index (χ4v) is 4.71. The van der Waals surface area contributed by atoms with E-state index in [-0.39, 0.29) is 46.0 Å². The van der Waals surface area contributed by atoms with Gasteiger partial charge in [0.1, 0.15) is 53.0 Å². The number of phenols is 1. The molecule has 1 aliphatic rings. The third kappa shape index (κ3) is 5.92. The molecule has 0 bridgehead atoms. The second-order valence-corrected chi connectivity index (χ2v) is 9.55. The molecule has 4 rings (SSSR count). The monoisotopic (exact) mass is 554 g/mol. The predicted molar refractivity (Wildman–Crippen MR) is 142 cm³/mol. The van der Waals surface area contributed by atoms with E-state index < -0.39 is 48.5 Å². The molecule has 0 amide bonds. The number of benzene rings is 2. The highest BCUT2D eigenvalue weighted by Crippen LogP contribution is 2.43. The minimum absolute atomic E-state index is 0.00781. The average Bonchev–Trinajstić information content (AvgIpc) is 2.90. The Morgan fingerprint density at radius 3 is 2.42 bits per heavy atom. The molecule has 0 spiro atoms. The lowest BCUT2D eigenvalue weighted by atomic mass is 9.89. The van der Waals surface area contributed by atoms with Crippen LogP contribution in [-0.4, -0.2) is 70.3 Å². The molecular formula is C29H30O11. The maximum Gasteiger partial charge on any atom is 0.331 e. The van der Waals surface area contributed by atoms with Gasteiger partial charge in [-0.3, -0.25) is 9.59 Å². The van der Waals surface area contributed by atoms with Crippen LogP contribution >= 0.6 is 0 Å². The molecule has 11 heteroatoms. The van der Waals surface area contributed by atoms with Crippen molar-refractivity contribution in [3.05, 3.63) is 75.1 Å². The first kappa shape index (κ1) is 29.0. The van der Waals surface area contributed by atoms with Crippen molar-refractivity contribution < 1.29 is 48.6 Å². The number of aliphatic hydroxyl groups is 3. The zero-order chi connectivity index (χ0) is 29.1. The van der Waals surface area contributed by atoms with Crippen molar-refractivity contribution >= 4 is 28.8 Å². The summed E-state index contributed by atoms with van der Waals surface area (Å²) in [5.41, 5.74) is 0.735. The van der Waals surface area contributed by atoms with Gasteiger partial charge in [0.2, 0.25) is 0 Å². The number of aromatic hydroxyl groups is 1. The zero-order valence-electron chi connectivity index (χ0n) is 22.1. The molecule has 40 heavy (non-hydrogen) atoms. The van der Waals surface area contributed by atoms with Crippen molar-refractivity contribution in [1.82, 2.24) is 0 Å². The van der Waals surface area contributed by atoms with Gasteiger partial charge in [0, 0.05) is 12.1 Å².